The number of sulfonamides is 1. The molecule has 1 fully saturated rings. The second-order valence-electron chi connectivity index (χ2n) is 5.41. The van der Waals surface area contributed by atoms with E-state index in [4.69, 9.17) is 0 Å². The lowest BCUT2D eigenvalue weighted by molar-refractivity contribution is 0.373. The van der Waals surface area contributed by atoms with Gasteiger partial charge in [0, 0.05) is 18.8 Å². The highest BCUT2D eigenvalue weighted by Gasteiger charge is 2.14. The minimum absolute atomic E-state index is 0.322. The standard InChI is InChI=1S/C15H24N2O2S/c1-2-17-20(18,19)15-10-8-14(9-11-15)16-12-13-6-4-3-5-7-13/h8-11,13,16-17H,2-7,12H2,1H3. The minimum Gasteiger partial charge on any atom is -0.385 e. The Morgan fingerprint density at radius 3 is 2.35 bits per heavy atom. The van der Waals surface area contributed by atoms with Gasteiger partial charge in [0.05, 0.1) is 4.90 Å². The van der Waals surface area contributed by atoms with E-state index in [1.165, 1.54) is 32.1 Å². The number of hydrogen-bond donors (Lipinski definition) is 2. The van der Waals surface area contributed by atoms with Gasteiger partial charge in [0.15, 0.2) is 0 Å². The van der Waals surface area contributed by atoms with E-state index in [1.54, 1.807) is 19.1 Å². The van der Waals surface area contributed by atoms with Gasteiger partial charge in [-0.25, -0.2) is 13.1 Å². The molecule has 1 aromatic carbocycles. The van der Waals surface area contributed by atoms with Crippen molar-refractivity contribution in [2.45, 2.75) is 43.9 Å². The molecule has 0 saturated heterocycles. The predicted molar refractivity (Wildman–Crippen MR) is 82.4 cm³/mol. The summed E-state index contributed by atoms with van der Waals surface area (Å²) in [5.74, 6) is 0.758. The third-order valence-corrected chi connectivity index (χ3v) is 5.38. The first-order chi connectivity index (χ1) is 9.62. The van der Waals surface area contributed by atoms with Crippen molar-refractivity contribution in [1.29, 1.82) is 0 Å². The quantitative estimate of drug-likeness (QED) is 0.848. The summed E-state index contributed by atoms with van der Waals surface area (Å²) in [5.41, 5.74) is 0.992. The summed E-state index contributed by atoms with van der Waals surface area (Å²) in [6, 6.07) is 6.99. The summed E-state index contributed by atoms with van der Waals surface area (Å²) in [5, 5.41) is 3.41. The van der Waals surface area contributed by atoms with Crippen molar-refractivity contribution >= 4 is 15.7 Å². The molecule has 0 atom stereocenters. The lowest BCUT2D eigenvalue weighted by Gasteiger charge is -2.22. The zero-order chi connectivity index (χ0) is 14.4. The van der Waals surface area contributed by atoms with E-state index < -0.39 is 10.0 Å². The van der Waals surface area contributed by atoms with Crippen LogP contribution in [-0.4, -0.2) is 21.5 Å². The minimum atomic E-state index is -3.34. The molecule has 2 rings (SSSR count). The predicted octanol–water partition coefficient (Wildman–Crippen LogP) is 2.98. The molecule has 1 saturated carbocycles. The van der Waals surface area contributed by atoms with Gasteiger partial charge in [0.1, 0.15) is 0 Å². The maximum absolute atomic E-state index is 11.8. The van der Waals surface area contributed by atoms with Gasteiger partial charge in [-0.3, -0.25) is 0 Å². The average molecular weight is 296 g/mol. The van der Waals surface area contributed by atoms with Crippen LogP contribution in [-0.2, 0) is 10.0 Å². The van der Waals surface area contributed by atoms with E-state index >= 15 is 0 Å². The summed E-state index contributed by atoms with van der Waals surface area (Å²) >= 11 is 0. The molecular formula is C15H24N2O2S. The van der Waals surface area contributed by atoms with Crippen LogP contribution in [0.2, 0.25) is 0 Å². The Labute approximate surface area is 122 Å². The molecule has 0 aromatic heterocycles. The molecule has 0 radical (unpaired) electrons. The molecule has 5 heteroatoms. The molecular weight excluding hydrogens is 272 g/mol. The lowest BCUT2D eigenvalue weighted by Crippen LogP contribution is -2.23. The van der Waals surface area contributed by atoms with Crippen LogP contribution in [0.3, 0.4) is 0 Å². The summed E-state index contributed by atoms with van der Waals surface area (Å²) in [4.78, 5) is 0.322. The highest BCUT2D eigenvalue weighted by molar-refractivity contribution is 7.89. The molecule has 20 heavy (non-hydrogen) atoms. The van der Waals surface area contributed by atoms with Crippen molar-refractivity contribution in [3.63, 3.8) is 0 Å². The maximum atomic E-state index is 11.8. The van der Waals surface area contributed by atoms with Crippen molar-refractivity contribution in [3.05, 3.63) is 24.3 Å². The topological polar surface area (TPSA) is 58.2 Å². The van der Waals surface area contributed by atoms with Crippen LogP contribution in [0, 0.1) is 5.92 Å². The first kappa shape index (κ1) is 15.3. The molecule has 0 bridgehead atoms. The number of benzene rings is 1. The van der Waals surface area contributed by atoms with Gasteiger partial charge >= 0.3 is 0 Å². The zero-order valence-corrected chi connectivity index (χ0v) is 12.9. The van der Waals surface area contributed by atoms with Gasteiger partial charge < -0.3 is 5.32 Å². The van der Waals surface area contributed by atoms with E-state index in [0.717, 1.165) is 18.2 Å². The Bertz CT molecular complexity index is 505. The molecule has 2 N–H and O–H groups in total. The van der Waals surface area contributed by atoms with Crippen molar-refractivity contribution in [2.75, 3.05) is 18.4 Å². The van der Waals surface area contributed by atoms with Crippen molar-refractivity contribution in [3.8, 4) is 0 Å². The molecule has 1 aliphatic rings. The third-order valence-electron chi connectivity index (χ3n) is 3.82. The van der Waals surface area contributed by atoms with Gasteiger partial charge in [-0.1, -0.05) is 26.2 Å². The van der Waals surface area contributed by atoms with Crippen LogP contribution < -0.4 is 10.0 Å². The summed E-state index contributed by atoms with van der Waals surface area (Å²) in [6.45, 7) is 3.17. The first-order valence-corrected chi connectivity index (χ1v) is 8.94. The highest BCUT2D eigenvalue weighted by atomic mass is 32.2. The summed E-state index contributed by atoms with van der Waals surface area (Å²) < 4.78 is 26.1. The SMILES string of the molecule is CCNS(=O)(=O)c1ccc(NCC2CCCCC2)cc1. The van der Waals surface area contributed by atoms with Crippen molar-refractivity contribution in [2.24, 2.45) is 5.92 Å². The van der Waals surface area contributed by atoms with Crippen LogP contribution >= 0.6 is 0 Å². The number of anilines is 1. The van der Waals surface area contributed by atoms with Gasteiger partial charge in [0.2, 0.25) is 10.0 Å². The smallest absolute Gasteiger partial charge is 0.240 e. The first-order valence-electron chi connectivity index (χ1n) is 7.45. The molecule has 0 spiro atoms. The Morgan fingerprint density at radius 1 is 1.10 bits per heavy atom. The van der Waals surface area contributed by atoms with Gasteiger partial charge in [-0.2, -0.15) is 0 Å². The molecule has 0 unspecified atom stereocenters. The largest absolute Gasteiger partial charge is 0.385 e. The molecule has 1 aliphatic carbocycles. The molecule has 0 aliphatic heterocycles. The van der Waals surface area contributed by atoms with E-state index in [2.05, 4.69) is 10.0 Å². The molecule has 0 heterocycles. The number of rotatable bonds is 6. The Balaban J connectivity index is 1.91. The number of hydrogen-bond acceptors (Lipinski definition) is 3. The lowest BCUT2D eigenvalue weighted by atomic mass is 9.89. The normalized spacial score (nSPS) is 17.1. The van der Waals surface area contributed by atoms with E-state index in [0.29, 0.717) is 11.4 Å². The van der Waals surface area contributed by atoms with Crippen molar-refractivity contribution < 1.29 is 8.42 Å². The molecule has 1 aromatic rings. The van der Waals surface area contributed by atoms with Gasteiger partial charge in [-0.05, 0) is 43.0 Å². The van der Waals surface area contributed by atoms with E-state index in [-0.39, 0.29) is 0 Å². The summed E-state index contributed by atoms with van der Waals surface area (Å²) in [6.07, 6.45) is 6.66. The monoisotopic (exact) mass is 296 g/mol. The number of nitrogens with one attached hydrogen (secondary N) is 2. The third kappa shape index (κ3) is 4.21. The fourth-order valence-electron chi connectivity index (χ4n) is 2.68. The van der Waals surface area contributed by atoms with E-state index in [1.807, 2.05) is 12.1 Å². The van der Waals surface area contributed by atoms with Crippen LogP contribution in [0.1, 0.15) is 39.0 Å². The summed E-state index contributed by atoms with van der Waals surface area (Å²) in [7, 11) is -3.34. The fourth-order valence-corrected chi connectivity index (χ4v) is 3.72. The van der Waals surface area contributed by atoms with Crippen LogP contribution in [0.15, 0.2) is 29.2 Å². The van der Waals surface area contributed by atoms with Crippen LogP contribution in [0.5, 0.6) is 0 Å². The van der Waals surface area contributed by atoms with E-state index in [9.17, 15) is 8.42 Å². The highest BCUT2D eigenvalue weighted by Crippen LogP contribution is 2.24. The Morgan fingerprint density at radius 2 is 1.75 bits per heavy atom. The zero-order valence-electron chi connectivity index (χ0n) is 12.1. The molecule has 4 nitrogen and oxygen atoms in total. The van der Waals surface area contributed by atoms with Gasteiger partial charge in [-0.15, -0.1) is 0 Å². The molecule has 0 amide bonds. The average Bonchev–Trinajstić information content (AvgIpc) is 2.47. The Kier molecular flexibility index (Phi) is 5.43. The molecule has 112 valence electrons. The van der Waals surface area contributed by atoms with Crippen molar-refractivity contribution in [1.82, 2.24) is 4.72 Å². The fraction of sp³-hybridized carbons (Fsp3) is 0.600. The second-order valence-corrected chi connectivity index (χ2v) is 7.18. The Hall–Kier alpha value is -1.07. The van der Waals surface area contributed by atoms with Gasteiger partial charge in [0.25, 0.3) is 0 Å². The second kappa shape index (κ2) is 7.09. The maximum Gasteiger partial charge on any atom is 0.240 e. The van der Waals surface area contributed by atoms with Crippen LogP contribution in [0.25, 0.3) is 0 Å². The van der Waals surface area contributed by atoms with Crippen LogP contribution in [0.4, 0.5) is 5.69 Å².